The Kier molecular flexibility index (Phi) is 4.69. The fourth-order valence-corrected chi connectivity index (χ4v) is 1.55. The molecule has 92 valence electrons. The van der Waals surface area contributed by atoms with E-state index in [1.54, 1.807) is 0 Å². The second-order valence-electron chi connectivity index (χ2n) is 4.09. The average Bonchev–Trinajstić information content (AvgIpc) is 2.24. The van der Waals surface area contributed by atoms with Crippen LogP contribution in [0.15, 0.2) is 18.2 Å². The largest absolute Gasteiger partial charge is 0.348 e. The number of aryl methyl sites for hydroxylation is 2. The predicted octanol–water partition coefficient (Wildman–Crippen LogP) is 1.77. The van der Waals surface area contributed by atoms with E-state index in [4.69, 9.17) is 0 Å². The Morgan fingerprint density at radius 1 is 1.06 bits per heavy atom. The lowest BCUT2D eigenvalue weighted by Crippen LogP contribution is -2.35. The van der Waals surface area contributed by atoms with Gasteiger partial charge in [0.2, 0.25) is 0 Å². The average molecular weight is 234 g/mol. The van der Waals surface area contributed by atoms with E-state index in [9.17, 15) is 9.59 Å². The Morgan fingerprint density at radius 2 is 1.65 bits per heavy atom. The first-order valence-electron chi connectivity index (χ1n) is 5.70. The quantitative estimate of drug-likeness (QED) is 0.783. The second-order valence-corrected chi connectivity index (χ2v) is 4.09. The van der Waals surface area contributed by atoms with Crippen molar-refractivity contribution in [3.8, 4) is 0 Å². The van der Waals surface area contributed by atoms with Crippen molar-refractivity contribution in [1.82, 2.24) is 5.32 Å². The number of rotatable bonds is 3. The minimum atomic E-state index is -0.622. The number of nitrogens with one attached hydrogen (secondary N) is 2. The summed E-state index contributed by atoms with van der Waals surface area (Å²) in [5.41, 5.74) is 2.75. The molecular weight excluding hydrogens is 216 g/mol. The molecule has 4 nitrogen and oxygen atoms in total. The number of hydrogen-bond acceptors (Lipinski definition) is 2. The fraction of sp³-hybridized carbons (Fsp3) is 0.385. The molecule has 0 aliphatic carbocycles. The van der Waals surface area contributed by atoms with Crippen LogP contribution in [0.3, 0.4) is 0 Å². The maximum Gasteiger partial charge on any atom is 0.313 e. The van der Waals surface area contributed by atoms with Crippen molar-refractivity contribution >= 4 is 17.5 Å². The van der Waals surface area contributed by atoms with Gasteiger partial charge in [0.1, 0.15) is 0 Å². The summed E-state index contributed by atoms with van der Waals surface area (Å²) >= 11 is 0. The summed E-state index contributed by atoms with van der Waals surface area (Å²) in [6.45, 7) is 6.33. The SMILES string of the molecule is CCCNC(=O)C(=O)Nc1cc(C)cc(C)c1. The maximum absolute atomic E-state index is 11.5. The first-order valence-corrected chi connectivity index (χ1v) is 5.70. The summed E-state index contributed by atoms with van der Waals surface area (Å²) < 4.78 is 0. The third kappa shape index (κ3) is 4.26. The third-order valence-electron chi connectivity index (χ3n) is 2.22. The number of hydrogen-bond donors (Lipinski definition) is 2. The molecule has 0 saturated heterocycles. The van der Waals surface area contributed by atoms with Crippen LogP contribution >= 0.6 is 0 Å². The Labute approximate surface area is 101 Å². The Balaban J connectivity index is 2.64. The molecule has 0 radical (unpaired) electrons. The summed E-state index contributed by atoms with van der Waals surface area (Å²) in [4.78, 5) is 22.9. The van der Waals surface area contributed by atoms with Gasteiger partial charge in [-0.15, -0.1) is 0 Å². The number of carbonyl (C=O) groups excluding carboxylic acids is 2. The van der Waals surface area contributed by atoms with Gasteiger partial charge in [-0.05, 0) is 43.5 Å². The predicted molar refractivity (Wildman–Crippen MR) is 67.8 cm³/mol. The van der Waals surface area contributed by atoms with Crippen LogP contribution in [-0.4, -0.2) is 18.4 Å². The topological polar surface area (TPSA) is 58.2 Å². The highest BCUT2D eigenvalue weighted by Crippen LogP contribution is 2.13. The van der Waals surface area contributed by atoms with Crippen LogP contribution in [0.4, 0.5) is 5.69 Å². The van der Waals surface area contributed by atoms with Crippen molar-refractivity contribution in [2.45, 2.75) is 27.2 Å². The highest BCUT2D eigenvalue weighted by Gasteiger charge is 2.12. The third-order valence-corrected chi connectivity index (χ3v) is 2.22. The molecule has 0 aliphatic heterocycles. The lowest BCUT2D eigenvalue weighted by atomic mass is 10.1. The Morgan fingerprint density at radius 3 is 2.18 bits per heavy atom. The van der Waals surface area contributed by atoms with E-state index in [1.807, 2.05) is 39.0 Å². The van der Waals surface area contributed by atoms with Crippen molar-refractivity contribution in [3.05, 3.63) is 29.3 Å². The molecule has 0 aliphatic rings. The van der Waals surface area contributed by atoms with Crippen molar-refractivity contribution in [2.75, 3.05) is 11.9 Å². The highest BCUT2D eigenvalue weighted by atomic mass is 16.2. The first kappa shape index (κ1) is 13.2. The standard InChI is InChI=1S/C13H18N2O2/c1-4-5-14-12(16)13(17)15-11-7-9(2)6-10(3)8-11/h6-8H,4-5H2,1-3H3,(H,14,16)(H,15,17). The van der Waals surface area contributed by atoms with Gasteiger partial charge in [-0.2, -0.15) is 0 Å². The van der Waals surface area contributed by atoms with E-state index in [-0.39, 0.29) is 0 Å². The number of anilines is 1. The fourth-order valence-electron chi connectivity index (χ4n) is 1.55. The van der Waals surface area contributed by atoms with E-state index < -0.39 is 11.8 Å². The number of carbonyl (C=O) groups is 2. The zero-order chi connectivity index (χ0) is 12.8. The minimum Gasteiger partial charge on any atom is -0.348 e. The zero-order valence-electron chi connectivity index (χ0n) is 10.5. The Hall–Kier alpha value is -1.84. The molecule has 2 N–H and O–H groups in total. The van der Waals surface area contributed by atoms with Crippen molar-refractivity contribution in [3.63, 3.8) is 0 Å². The van der Waals surface area contributed by atoms with E-state index in [0.717, 1.165) is 17.5 Å². The zero-order valence-corrected chi connectivity index (χ0v) is 10.5. The van der Waals surface area contributed by atoms with E-state index in [0.29, 0.717) is 12.2 Å². The van der Waals surface area contributed by atoms with Crippen LogP contribution in [-0.2, 0) is 9.59 Å². The number of amides is 2. The van der Waals surface area contributed by atoms with E-state index >= 15 is 0 Å². The Bertz CT molecular complexity index is 407. The molecule has 0 unspecified atom stereocenters. The van der Waals surface area contributed by atoms with Crippen LogP contribution in [0.2, 0.25) is 0 Å². The van der Waals surface area contributed by atoms with Gasteiger partial charge in [0, 0.05) is 12.2 Å². The lowest BCUT2D eigenvalue weighted by molar-refractivity contribution is -0.136. The summed E-state index contributed by atoms with van der Waals surface area (Å²) in [6, 6.07) is 5.67. The molecule has 1 rings (SSSR count). The highest BCUT2D eigenvalue weighted by molar-refractivity contribution is 6.39. The molecule has 0 atom stereocenters. The van der Waals surface area contributed by atoms with Crippen LogP contribution in [0.1, 0.15) is 24.5 Å². The van der Waals surface area contributed by atoms with Crippen LogP contribution in [0, 0.1) is 13.8 Å². The van der Waals surface area contributed by atoms with Gasteiger partial charge in [0.05, 0.1) is 0 Å². The second kappa shape index (κ2) is 6.03. The molecule has 0 saturated carbocycles. The van der Waals surface area contributed by atoms with Gasteiger partial charge < -0.3 is 10.6 Å². The van der Waals surface area contributed by atoms with Gasteiger partial charge in [-0.3, -0.25) is 9.59 Å². The number of benzene rings is 1. The first-order chi connectivity index (χ1) is 8.02. The van der Waals surface area contributed by atoms with Crippen molar-refractivity contribution < 1.29 is 9.59 Å². The summed E-state index contributed by atoms with van der Waals surface area (Å²) in [5.74, 6) is -1.21. The molecule has 0 spiro atoms. The molecule has 1 aromatic rings. The maximum atomic E-state index is 11.5. The smallest absolute Gasteiger partial charge is 0.313 e. The molecule has 4 heteroatoms. The lowest BCUT2D eigenvalue weighted by Gasteiger charge is -2.07. The van der Waals surface area contributed by atoms with Crippen LogP contribution < -0.4 is 10.6 Å². The van der Waals surface area contributed by atoms with E-state index in [1.165, 1.54) is 0 Å². The molecule has 0 fully saturated rings. The summed E-state index contributed by atoms with van der Waals surface area (Å²) in [5, 5.41) is 5.11. The molecule has 0 heterocycles. The van der Waals surface area contributed by atoms with Gasteiger partial charge in [0.25, 0.3) is 0 Å². The molecule has 1 aromatic carbocycles. The monoisotopic (exact) mass is 234 g/mol. The van der Waals surface area contributed by atoms with E-state index in [2.05, 4.69) is 10.6 Å². The molecule has 2 amide bonds. The van der Waals surface area contributed by atoms with Crippen LogP contribution in [0.25, 0.3) is 0 Å². The van der Waals surface area contributed by atoms with Gasteiger partial charge in [-0.25, -0.2) is 0 Å². The minimum absolute atomic E-state index is 0.513. The molecule has 0 aromatic heterocycles. The van der Waals surface area contributed by atoms with Crippen molar-refractivity contribution in [2.24, 2.45) is 0 Å². The van der Waals surface area contributed by atoms with Gasteiger partial charge >= 0.3 is 11.8 Å². The molecular formula is C13H18N2O2. The normalized spacial score (nSPS) is 9.82. The van der Waals surface area contributed by atoms with Crippen molar-refractivity contribution in [1.29, 1.82) is 0 Å². The molecule has 17 heavy (non-hydrogen) atoms. The molecule has 0 bridgehead atoms. The van der Waals surface area contributed by atoms with Crippen LogP contribution in [0.5, 0.6) is 0 Å². The summed E-state index contributed by atoms with van der Waals surface area (Å²) in [6.07, 6.45) is 0.808. The summed E-state index contributed by atoms with van der Waals surface area (Å²) in [7, 11) is 0. The van der Waals surface area contributed by atoms with Gasteiger partial charge in [-0.1, -0.05) is 13.0 Å². The van der Waals surface area contributed by atoms with Gasteiger partial charge in [0.15, 0.2) is 0 Å².